The van der Waals surface area contributed by atoms with E-state index in [9.17, 15) is 4.79 Å². The first-order valence-corrected chi connectivity index (χ1v) is 7.72. The zero-order valence-corrected chi connectivity index (χ0v) is 13.3. The molecular formula is C16H19N5O3. The molecule has 8 nitrogen and oxygen atoms in total. The number of carbonyl (C=O) groups is 1. The summed E-state index contributed by atoms with van der Waals surface area (Å²) >= 11 is 0. The molecule has 1 aliphatic rings. The van der Waals surface area contributed by atoms with Gasteiger partial charge in [0.2, 0.25) is 0 Å². The van der Waals surface area contributed by atoms with Crippen LogP contribution in [-0.2, 0) is 11.3 Å². The van der Waals surface area contributed by atoms with E-state index in [2.05, 4.69) is 32.1 Å². The molecule has 2 aromatic rings. The topological polar surface area (TPSA) is 100 Å². The molecule has 0 aromatic carbocycles. The molecule has 1 atom stereocenters. The average molecular weight is 329 g/mol. The maximum atomic E-state index is 10.7. The highest BCUT2D eigenvalue weighted by Gasteiger charge is 2.17. The van der Waals surface area contributed by atoms with Gasteiger partial charge in [-0.3, -0.25) is 0 Å². The van der Waals surface area contributed by atoms with E-state index < -0.39 is 5.97 Å². The Kier molecular flexibility index (Phi) is 4.85. The lowest BCUT2D eigenvalue weighted by Gasteiger charge is -2.32. The number of aromatic nitrogens is 3. The number of hydrogen-bond acceptors (Lipinski definition) is 7. The lowest BCUT2D eigenvalue weighted by atomic mass is 10.2. The van der Waals surface area contributed by atoms with Crippen molar-refractivity contribution in [3.63, 3.8) is 0 Å². The van der Waals surface area contributed by atoms with Crippen LogP contribution < -0.4 is 10.2 Å². The second kappa shape index (κ2) is 7.22. The van der Waals surface area contributed by atoms with Crippen molar-refractivity contribution in [2.75, 3.05) is 29.9 Å². The molecule has 1 saturated heterocycles. The molecule has 0 amide bonds. The van der Waals surface area contributed by atoms with Crippen LogP contribution in [0.3, 0.4) is 0 Å². The molecule has 2 N–H and O–H groups in total. The van der Waals surface area contributed by atoms with Gasteiger partial charge >= 0.3 is 5.97 Å². The van der Waals surface area contributed by atoms with Gasteiger partial charge in [0.05, 0.1) is 25.1 Å². The van der Waals surface area contributed by atoms with Crippen LogP contribution in [0.25, 0.3) is 0 Å². The Hall–Kier alpha value is -2.74. The summed E-state index contributed by atoms with van der Waals surface area (Å²) in [5, 5.41) is 11.9. The van der Waals surface area contributed by atoms with E-state index in [4.69, 9.17) is 9.84 Å². The first kappa shape index (κ1) is 16.1. The number of carboxylic acids is 1. The zero-order valence-electron chi connectivity index (χ0n) is 13.3. The molecule has 0 bridgehead atoms. The van der Waals surface area contributed by atoms with Crippen LogP contribution in [0.1, 0.15) is 23.0 Å². The third-order valence-corrected chi connectivity index (χ3v) is 3.72. The lowest BCUT2D eigenvalue weighted by Crippen LogP contribution is -2.41. The maximum absolute atomic E-state index is 10.7. The quantitative estimate of drug-likeness (QED) is 0.849. The summed E-state index contributed by atoms with van der Waals surface area (Å²) in [7, 11) is 0. The number of morpholine rings is 1. The number of carboxylic acid groups (broad SMARTS) is 1. The van der Waals surface area contributed by atoms with Gasteiger partial charge < -0.3 is 20.1 Å². The summed E-state index contributed by atoms with van der Waals surface area (Å²) in [6.45, 7) is 5.00. The second-order valence-corrected chi connectivity index (χ2v) is 5.60. The molecule has 8 heteroatoms. The standard InChI is InChI=1S/C16H19N5O3/c1-11-10-21(4-5-24-11)15-3-2-12(7-20-15)6-18-14-9-17-13(8-19-14)16(22)23/h2-3,7-9,11H,4-6,10H2,1H3,(H,18,19)(H,22,23). The third-order valence-electron chi connectivity index (χ3n) is 3.72. The van der Waals surface area contributed by atoms with E-state index in [1.807, 2.05) is 18.3 Å². The third kappa shape index (κ3) is 3.96. The molecule has 1 aliphatic heterocycles. The Morgan fingerprint density at radius 3 is 2.83 bits per heavy atom. The number of ether oxygens (including phenoxy) is 1. The van der Waals surface area contributed by atoms with Crippen molar-refractivity contribution in [2.24, 2.45) is 0 Å². The van der Waals surface area contributed by atoms with Crippen LogP contribution >= 0.6 is 0 Å². The highest BCUT2D eigenvalue weighted by Crippen LogP contribution is 2.16. The maximum Gasteiger partial charge on any atom is 0.356 e. The summed E-state index contributed by atoms with van der Waals surface area (Å²) in [5.74, 6) is 0.372. The average Bonchev–Trinajstić information content (AvgIpc) is 2.61. The van der Waals surface area contributed by atoms with Gasteiger partial charge in [0.15, 0.2) is 5.69 Å². The molecule has 2 aromatic heterocycles. The highest BCUT2D eigenvalue weighted by molar-refractivity contribution is 5.84. The van der Waals surface area contributed by atoms with Crippen LogP contribution in [0.5, 0.6) is 0 Å². The molecule has 0 saturated carbocycles. The zero-order chi connectivity index (χ0) is 16.9. The fraction of sp³-hybridized carbons (Fsp3) is 0.375. The SMILES string of the molecule is CC1CN(c2ccc(CNc3cnc(C(=O)O)cn3)cn2)CCO1. The van der Waals surface area contributed by atoms with Crippen LogP contribution in [0.4, 0.5) is 11.6 Å². The number of nitrogens with one attached hydrogen (secondary N) is 1. The van der Waals surface area contributed by atoms with Crippen molar-refractivity contribution in [1.29, 1.82) is 0 Å². The van der Waals surface area contributed by atoms with Crippen molar-refractivity contribution in [1.82, 2.24) is 15.0 Å². The van der Waals surface area contributed by atoms with Crippen LogP contribution in [0.2, 0.25) is 0 Å². The van der Waals surface area contributed by atoms with Crippen molar-refractivity contribution >= 4 is 17.6 Å². The van der Waals surface area contributed by atoms with E-state index >= 15 is 0 Å². The van der Waals surface area contributed by atoms with Crippen LogP contribution in [0.15, 0.2) is 30.7 Å². The Balaban J connectivity index is 1.57. The van der Waals surface area contributed by atoms with Crippen molar-refractivity contribution in [3.8, 4) is 0 Å². The Labute approximate surface area is 139 Å². The van der Waals surface area contributed by atoms with Gasteiger partial charge in [-0.1, -0.05) is 6.07 Å². The normalized spacial score (nSPS) is 17.5. The Morgan fingerprint density at radius 2 is 2.21 bits per heavy atom. The summed E-state index contributed by atoms with van der Waals surface area (Å²) in [4.78, 5) is 25.3. The van der Waals surface area contributed by atoms with Gasteiger partial charge in [-0.05, 0) is 18.6 Å². The van der Waals surface area contributed by atoms with E-state index in [1.54, 1.807) is 0 Å². The number of rotatable bonds is 5. The minimum atomic E-state index is -1.09. The summed E-state index contributed by atoms with van der Waals surface area (Å²) in [5.41, 5.74) is 0.926. The summed E-state index contributed by atoms with van der Waals surface area (Å²) in [6.07, 6.45) is 4.67. The van der Waals surface area contributed by atoms with Gasteiger partial charge in [-0.15, -0.1) is 0 Å². The monoisotopic (exact) mass is 329 g/mol. The van der Waals surface area contributed by atoms with E-state index in [1.165, 1.54) is 12.4 Å². The highest BCUT2D eigenvalue weighted by atomic mass is 16.5. The van der Waals surface area contributed by atoms with Gasteiger partial charge in [-0.2, -0.15) is 0 Å². The molecule has 1 fully saturated rings. The van der Waals surface area contributed by atoms with E-state index in [-0.39, 0.29) is 11.8 Å². The first-order valence-electron chi connectivity index (χ1n) is 7.72. The summed E-state index contributed by atoms with van der Waals surface area (Å²) in [6, 6.07) is 4.00. The molecule has 0 radical (unpaired) electrons. The molecule has 1 unspecified atom stereocenters. The largest absolute Gasteiger partial charge is 0.476 e. The van der Waals surface area contributed by atoms with Crippen molar-refractivity contribution in [3.05, 3.63) is 42.0 Å². The number of hydrogen-bond donors (Lipinski definition) is 2. The van der Waals surface area contributed by atoms with Crippen LogP contribution in [-0.4, -0.2) is 51.8 Å². The predicted molar refractivity (Wildman–Crippen MR) is 88.2 cm³/mol. The molecular weight excluding hydrogens is 310 g/mol. The molecule has 3 rings (SSSR count). The molecule has 0 aliphatic carbocycles. The van der Waals surface area contributed by atoms with Crippen LogP contribution in [0, 0.1) is 0 Å². The smallest absolute Gasteiger partial charge is 0.356 e. The predicted octanol–water partition coefficient (Wildman–Crippen LogP) is 1.41. The molecule has 126 valence electrons. The van der Waals surface area contributed by atoms with Gasteiger partial charge in [0.25, 0.3) is 0 Å². The van der Waals surface area contributed by atoms with E-state index in [0.29, 0.717) is 12.4 Å². The lowest BCUT2D eigenvalue weighted by molar-refractivity contribution is 0.0529. The molecule has 0 spiro atoms. The number of anilines is 2. The number of nitrogens with zero attached hydrogens (tertiary/aromatic N) is 4. The van der Waals surface area contributed by atoms with Gasteiger partial charge in [0.1, 0.15) is 11.6 Å². The fourth-order valence-electron chi connectivity index (χ4n) is 2.46. The molecule has 24 heavy (non-hydrogen) atoms. The van der Waals surface area contributed by atoms with Crippen molar-refractivity contribution in [2.45, 2.75) is 19.6 Å². The van der Waals surface area contributed by atoms with Crippen molar-refractivity contribution < 1.29 is 14.6 Å². The Bertz CT molecular complexity index is 690. The second-order valence-electron chi connectivity index (χ2n) is 5.60. The Morgan fingerprint density at radius 1 is 1.33 bits per heavy atom. The number of aromatic carboxylic acids is 1. The minimum Gasteiger partial charge on any atom is -0.476 e. The minimum absolute atomic E-state index is 0.0775. The molecule has 3 heterocycles. The number of pyridine rings is 1. The first-order chi connectivity index (χ1) is 11.6. The fourth-order valence-corrected chi connectivity index (χ4v) is 2.46. The van der Waals surface area contributed by atoms with E-state index in [0.717, 1.165) is 31.1 Å². The van der Waals surface area contributed by atoms with Gasteiger partial charge in [0, 0.05) is 25.8 Å². The van der Waals surface area contributed by atoms with Gasteiger partial charge in [-0.25, -0.2) is 19.7 Å². The summed E-state index contributed by atoms with van der Waals surface area (Å²) < 4.78 is 5.53.